The summed E-state index contributed by atoms with van der Waals surface area (Å²) in [6.45, 7) is 14.5. The number of benzene rings is 1. The molecule has 1 amide bonds. The zero-order valence-corrected chi connectivity index (χ0v) is 22.6. The lowest BCUT2D eigenvalue weighted by atomic mass is 9.83. The smallest absolute Gasteiger partial charge is 0.409 e. The van der Waals surface area contributed by atoms with E-state index >= 15 is 0 Å². The van der Waals surface area contributed by atoms with Gasteiger partial charge in [-0.3, -0.25) is 4.90 Å². The monoisotopic (exact) mass is 509 g/mol. The third-order valence-electron chi connectivity index (χ3n) is 6.66. The number of primary amides is 1. The zero-order chi connectivity index (χ0) is 26.6. The van der Waals surface area contributed by atoms with Crippen molar-refractivity contribution in [2.45, 2.75) is 71.8 Å². The Labute approximate surface area is 218 Å². The maximum absolute atomic E-state index is 11.6. The van der Waals surface area contributed by atoms with Crippen LogP contribution in [0.2, 0.25) is 0 Å². The number of carbonyl (C=O) groups is 1. The Morgan fingerprint density at radius 2 is 1.92 bits per heavy atom. The molecule has 1 saturated heterocycles. The van der Waals surface area contributed by atoms with E-state index < -0.39 is 6.09 Å². The highest BCUT2D eigenvalue weighted by molar-refractivity contribution is 5.69. The van der Waals surface area contributed by atoms with Crippen LogP contribution in [0.1, 0.15) is 76.5 Å². The van der Waals surface area contributed by atoms with Crippen LogP contribution >= 0.6 is 0 Å². The molecule has 0 radical (unpaired) electrons. The van der Waals surface area contributed by atoms with Crippen LogP contribution in [0, 0.1) is 0 Å². The third-order valence-corrected chi connectivity index (χ3v) is 6.66. The lowest BCUT2D eigenvalue weighted by molar-refractivity contribution is 0.177. The molecule has 3 aromatic rings. The molecule has 1 aliphatic heterocycles. The van der Waals surface area contributed by atoms with Crippen LogP contribution in [-0.2, 0) is 12.0 Å². The number of aromatic nitrogens is 4. The first kappa shape index (κ1) is 26.7. The Balaban J connectivity index is 1.63. The topological polar surface area (TPSA) is 120 Å². The molecule has 0 saturated carbocycles. The highest BCUT2D eigenvalue weighted by atomic mass is 16.5. The van der Waals surface area contributed by atoms with Gasteiger partial charge < -0.3 is 20.5 Å². The van der Waals surface area contributed by atoms with Crippen LogP contribution in [0.5, 0.6) is 11.8 Å². The first-order valence-electron chi connectivity index (χ1n) is 13.1. The third kappa shape index (κ3) is 6.49. The molecule has 1 fully saturated rings. The van der Waals surface area contributed by atoms with Crippen molar-refractivity contribution < 1.29 is 14.3 Å². The van der Waals surface area contributed by atoms with Gasteiger partial charge in [0.1, 0.15) is 12.4 Å². The van der Waals surface area contributed by atoms with Crippen molar-refractivity contribution in [1.29, 1.82) is 0 Å². The van der Waals surface area contributed by atoms with Gasteiger partial charge in [-0.05, 0) is 48.9 Å². The predicted molar refractivity (Wildman–Crippen MR) is 143 cm³/mol. The number of likely N-dealkylation sites (tertiary alicyclic amines) is 1. The van der Waals surface area contributed by atoms with Crippen LogP contribution in [0.15, 0.2) is 24.4 Å². The Hall–Kier alpha value is -3.40. The fourth-order valence-electron chi connectivity index (χ4n) is 4.73. The van der Waals surface area contributed by atoms with Crippen molar-refractivity contribution in [1.82, 2.24) is 24.5 Å². The van der Waals surface area contributed by atoms with Gasteiger partial charge in [-0.15, -0.1) is 0 Å². The summed E-state index contributed by atoms with van der Waals surface area (Å²) >= 11 is 0. The minimum Gasteiger partial charge on any atom is -0.462 e. The van der Waals surface area contributed by atoms with Crippen molar-refractivity contribution in [2.24, 2.45) is 5.73 Å². The van der Waals surface area contributed by atoms with Crippen molar-refractivity contribution in [3.8, 4) is 11.8 Å². The highest BCUT2D eigenvalue weighted by Crippen LogP contribution is 2.33. The zero-order valence-electron chi connectivity index (χ0n) is 22.6. The number of nitrogens with zero attached hydrogens (tertiary/aromatic N) is 5. The number of carbonyl (C=O) groups excluding carboxylic acids is 1. The summed E-state index contributed by atoms with van der Waals surface area (Å²) in [5.41, 5.74) is 8.74. The maximum Gasteiger partial charge on any atom is 0.409 e. The molecule has 0 unspecified atom stereocenters. The lowest BCUT2D eigenvalue weighted by Gasteiger charge is -2.26. The first-order chi connectivity index (χ1) is 17.6. The number of rotatable bonds is 9. The molecule has 37 heavy (non-hydrogen) atoms. The van der Waals surface area contributed by atoms with E-state index in [2.05, 4.69) is 54.9 Å². The summed E-state index contributed by atoms with van der Waals surface area (Å²) in [4.78, 5) is 23.4. The quantitative estimate of drug-likeness (QED) is 0.433. The average molecular weight is 510 g/mol. The van der Waals surface area contributed by atoms with Gasteiger partial charge in [0, 0.05) is 24.2 Å². The SMILES string of the molecule is CC(C)c1cnn2c(NCc3c(OC(N)=O)cccc3C(C)(C)C)nc(OCCN3CCCCC3)nc12. The molecule has 2 aromatic heterocycles. The Bertz CT molecular complexity index is 1230. The van der Waals surface area contributed by atoms with Crippen LogP contribution in [0.4, 0.5) is 10.7 Å². The van der Waals surface area contributed by atoms with Crippen LogP contribution in [-0.4, -0.2) is 56.8 Å². The molecule has 0 spiro atoms. The maximum atomic E-state index is 11.6. The summed E-state index contributed by atoms with van der Waals surface area (Å²) < 4.78 is 13.1. The second kappa shape index (κ2) is 11.3. The van der Waals surface area contributed by atoms with Crippen molar-refractivity contribution in [2.75, 3.05) is 31.6 Å². The van der Waals surface area contributed by atoms with Gasteiger partial charge in [0.2, 0.25) is 5.95 Å². The first-order valence-corrected chi connectivity index (χ1v) is 13.1. The Morgan fingerprint density at radius 3 is 2.59 bits per heavy atom. The predicted octanol–water partition coefficient (Wildman–Crippen LogP) is 4.48. The standard InChI is InChI=1S/C27H39N7O3/c1-18(2)19-17-30-34-23(19)31-26(36-15-14-33-12-7-6-8-13-33)32-25(34)29-16-20-21(27(3,4)5)10-9-11-22(20)37-24(28)35/h9-11,17-18H,6-8,12-16H2,1-5H3,(H2,28,35)(H,29,31,32). The van der Waals surface area contributed by atoms with E-state index in [9.17, 15) is 4.79 Å². The van der Waals surface area contributed by atoms with Crippen molar-refractivity contribution in [3.05, 3.63) is 41.1 Å². The van der Waals surface area contributed by atoms with E-state index in [-0.39, 0.29) is 11.3 Å². The summed E-state index contributed by atoms with van der Waals surface area (Å²) in [6.07, 6.45) is 4.75. The molecule has 0 bridgehead atoms. The second-order valence-corrected chi connectivity index (χ2v) is 10.9. The van der Waals surface area contributed by atoms with Gasteiger partial charge in [0.05, 0.1) is 6.20 Å². The van der Waals surface area contributed by atoms with Crippen LogP contribution < -0.4 is 20.5 Å². The minimum atomic E-state index is -0.852. The van der Waals surface area contributed by atoms with E-state index in [1.54, 1.807) is 10.6 Å². The largest absolute Gasteiger partial charge is 0.462 e. The van der Waals surface area contributed by atoms with Gasteiger partial charge in [-0.2, -0.15) is 19.6 Å². The fraction of sp³-hybridized carbons (Fsp3) is 0.556. The van der Waals surface area contributed by atoms with E-state index in [0.717, 1.165) is 36.3 Å². The minimum absolute atomic E-state index is 0.186. The van der Waals surface area contributed by atoms with Gasteiger partial charge in [-0.25, -0.2) is 4.79 Å². The summed E-state index contributed by atoms with van der Waals surface area (Å²) in [5.74, 6) is 1.15. The fourth-order valence-corrected chi connectivity index (χ4v) is 4.73. The second-order valence-electron chi connectivity index (χ2n) is 10.9. The number of amides is 1. The number of hydrogen-bond donors (Lipinski definition) is 2. The Morgan fingerprint density at radius 1 is 1.16 bits per heavy atom. The van der Waals surface area contributed by atoms with Crippen molar-refractivity contribution >= 4 is 17.7 Å². The number of piperidine rings is 1. The summed E-state index contributed by atoms with van der Waals surface area (Å²) in [5, 5.41) is 7.94. The van der Waals surface area contributed by atoms with Gasteiger partial charge >= 0.3 is 12.1 Å². The molecule has 0 atom stereocenters. The molecule has 0 aliphatic carbocycles. The molecule has 4 rings (SSSR count). The highest BCUT2D eigenvalue weighted by Gasteiger charge is 2.23. The molecular formula is C27H39N7O3. The lowest BCUT2D eigenvalue weighted by Crippen LogP contribution is -2.33. The molecule has 10 nitrogen and oxygen atoms in total. The van der Waals surface area contributed by atoms with E-state index in [4.69, 9.17) is 20.2 Å². The number of ether oxygens (including phenoxy) is 2. The van der Waals surface area contributed by atoms with Crippen molar-refractivity contribution in [3.63, 3.8) is 0 Å². The van der Waals surface area contributed by atoms with E-state index in [1.165, 1.54) is 19.3 Å². The van der Waals surface area contributed by atoms with Crippen LogP contribution in [0.25, 0.3) is 5.65 Å². The summed E-state index contributed by atoms with van der Waals surface area (Å²) in [7, 11) is 0. The normalized spacial score (nSPS) is 14.8. The van der Waals surface area contributed by atoms with E-state index in [0.29, 0.717) is 36.5 Å². The molecule has 1 aliphatic rings. The molecule has 200 valence electrons. The number of nitrogens with two attached hydrogens (primary N) is 1. The molecule has 10 heteroatoms. The summed E-state index contributed by atoms with van der Waals surface area (Å²) in [6, 6.07) is 5.95. The van der Waals surface area contributed by atoms with Gasteiger partial charge in [0.25, 0.3) is 0 Å². The Kier molecular flexibility index (Phi) is 8.16. The molecular weight excluding hydrogens is 470 g/mol. The number of fused-ring (bicyclic) bond motifs is 1. The molecule has 3 N–H and O–H groups in total. The number of nitrogens with one attached hydrogen (secondary N) is 1. The molecule has 1 aromatic carbocycles. The van der Waals surface area contributed by atoms with Gasteiger partial charge in [0.15, 0.2) is 5.65 Å². The number of hydrogen-bond acceptors (Lipinski definition) is 8. The van der Waals surface area contributed by atoms with Gasteiger partial charge in [-0.1, -0.05) is 53.2 Å². The number of anilines is 1. The van der Waals surface area contributed by atoms with E-state index in [1.807, 2.05) is 18.3 Å². The average Bonchev–Trinajstić information content (AvgIpc) is 3.27. The molecule has 3 heterocycles. The van der Waals surface area contributed by atoms with Crippen LogP contribution in [0.3, 0.4) is 0 Å².